The Hall–Kier alpha value is -4.59. The fourth-order valence-electron chi connectivity index (χ4n) is 6.61. The highest BCUT2D eigenvalue weighted by Gasteiger charge is 2.46. The lowest BCUT2D eigenvalue weighted by Crippen LogP contribution is -2.37. The van der Waals surface area contributed by atoms with Crippen LogP contribution in [0.1, 0.15) is 87.8 Å². The van der Waals surface area contributed by atoms with Gasteiger partial charge in [-0.3, -0.25) is 24.1 Å². The van der Waals surface area contributed by atoms with Gasteiger partial charge >= 0.3 is 6.17 Å². The Bertz CT molecular complexity index is 1490. The number of aromatic nitrogens is 4. The lowest BCUT2D eigenvalue weighted by molar-refractivity contribution is -0.131. The standard InChI is InChI=1S/C30H34N8O3/c1-18(6-13-26(39)38-14-4-5-25(38)33-2)17-30(29-34-35-36-37(29)3)23-11-9-21(27(31)40)15-19(23)7-8-20-16-22(28(32)41)10-12-24(20)30/h9-12,15-16,18,25H,4-8,13-14,17H2,1,3H3,(H2,31,40)(H2,32,41)/t18-,25-/m0/s1. The first-order valence-corrected chi connectivity index (χ1v) is 13.9. The maximum absolute atomic E-state index is 13.1. The summed E-state index contributed by atoms with van der Waals surface area (Å²) in [6, 6.07) is 11.0. The summed E-state index contributed by atoms with van der Waals surface area (Å²) in [5.41, 5.74) is 15.1. The average molecular weight is 555 g/mol. The lowest BCUT2D eigenvalue weighted by atomic mass is 9.66. The van der Waals surface area contributed by atoms with Gasteiger partial charge in [0.15, 0.2) is 5.82 Å². The highest BCUT2D eigenvalue weighted by molar-refractivity contribution is 5.94. The van der Waals surface area contributed by atoms with Crippen molar-refractivity contribution in [3.8, 4) is 0 Å². The van der Waals surface area contributed by atoms with Gasteiger partial charge in [-0.1, -0.05) is 19.1 Å². The maximum atomic E-state index is 13.1. The number of likely N-dealkylation sites (tertiary alicyclic amines) is 1. The largest absolute Gasteiger partial charge is 0.366 e. The number of amides is 3. The molecule has 0 bridgehead atoms. The molecule has 4 N–H and O–H groups in total. The first kappa shape index (κ1) is 28.0. The normalized spacial score (nSPS) is 18.1. The number of nitrogens with two attached hydrogens (primary N) is 2. The molecule has 3 aromatic rings. The predicted octanol–water partition coefficient (Wildman–Crippen LogP) is 2.52. The highest BCUT2D eigenvalue weighted by atomic mass is 16.2. The monoisotopic (exact) mass is 554 g/mol. The van der Waals surface area contributed by atoms with E-state index in [4.69, 9.17) is 18.0 Å². The molecule has 2 atom stereocenters. The molecule has 11 heteroatoms. The second kappa shape index (κ2) is 11.1. The smallest absolute Gasteiger partial charge is 0.300 e. The van der Waals surface area contributed by atoms with Crippen molar-refractivity contribution in [3.05, 3.63) is 87.0 Å². The third-order valence-electron chi connectivity index (χ3n) is 8.56. The lowest BCUT2D eigenvalue weighted by Gasteiger charge is -2.37. The van der Waals surface area contributed by atoms with E-state index in [1.807, 2.05) is 24.3 Å². The Morgan fingerprint density at radius 1 is 1.07 bits per heavy atom. The van der Waals surface area contributed by atoms with Crippen LogP contribution in [0, 0.1) is 12.5 Å². The van der Waals surface area contributed by atoms with E-state index >= 15 is 0 Å². The number of aryl methyl sites for hydroxylation is 3. The first-order valence-electron chi connectivity index (χ1n) is 13.9. The van der Waals surface area contributed by atoms with Crippen LogP contribution in [0.25, 0.3) is 4.85 Å². The molecule has 2 aliphatic rings. The Labute approximate surface area is 238 Å². The summed E-state index contributed by atoms with van der Waals surface area (Å²) >= 11 is 0. The van der Waals surface area contributed by atoms with E-state index in [9.17, 15) is 14.4 Å². The Morgan fingerprint density at radius 3 is 2.20 bits per heavy atom. The summed E-state index contributed by atoms with van der Waals surface area (Å²) in [6.07, 6.45) is 3.93. The molecule has 212 valence electrons. The SMILES string of the molecule is [C-]#[N+][C@@H]1CCCN1C(=O)CC[C@H](C)CC1(c2nnnn2C)c2ccc(C(N)=O)cc2CCc2cc(C(N)=O)ccc21. The fraction of sp³-hybridized carbons (Fsp3) is 0.433. The number of fused-ring (bicyclic) bond motifs is 2. The fourth-order valence-corrected chi connectivity index (χ4v) is 6.61. The van der Waals surface area contributed by atoms with Gasteiger partial charge < -0.3 is 11.5 Å². The van der Waals surface area contributed by atoms with Gasteiger partial charge in [0, 0.05) is 37.6 Å². The van der Waals surface area contributed by atoms with E-state index < -0.39 is 17.2 Å². The molecule has 41 heavy (non-hydrogen) atoms. The number of hydrogen-bond acceptors (Lipinski definition) is 6. The number of hydrogen-bond donors (Lipinski definition) is 2. The van der Waals surface area contributed by atoms with Gasteiger partial charge in [0.25, 0.3) is 0 Å². The number of benzene rings is 2. The molecule has 0 radical (unpaired) electrons. The third kappa shape index (κ3) is 5.06. The molecule has 1 aromatic heterocycles. The average Bonchev–Trinajstić information content (AvgIpc) is 3.59. The molecule has 0 unspecified atom stereocenters. The number of nitrogens with zero attached hydrogens (tertiary/aromatic N) is 6. The minimum atomic E-state index is -0.846. The van der Waals surface area contributed by atoms with Crippen LogP contribution in [0.2, 0.25) is 0 Å². The van der Waals surface area contributed by atoms with Crippen molar-refractivity contribution in [2.75, 3.05) is 6.54 Å². The third-order valence-corrected chi connectivity index (χ3v) is 8.56. The topological polar surface area (TPSA) is 154 Å². The first-order chi connectivity index (χ1) is 19.6. The second-order valence-electron chi connectivity index (χ2n) is 11.2. The molecule has 1 aliphatic carbocycles. The van der Waals surface area contributed by atoms with Crippen molar-refractivity contribution in [1.29, 1.82) is 0 Å². The summed E-state index contributed by atoms with van der Waals surface area (Å²) in [5, 5.41) is 12.7. The summed E-state index contributed by atoms with van der Waals surface area (Å²) in [7, 11) is 1.79. The van der Waals surface area contributed by atoms with Crippen LogP contribution in [0.3, 0.4) is 0 Å². The Morgan fingerprint density at radius 2 is 1.68 bits per heavy atom. The van der Waals surface area contributed by atoms with E-state index in [1.54, 1.807) is 28.8 Å². The Balaban J connectivity index is 1.62. The van der Waals surface area contributed by atoms with Crippen LogP contribution < -0.4 is 11.5 Å². The molecule has 1 saturated heterocycles. The van der Waals surface area contributed by atoms with Crippen LogP contribution in [0.15, 0.2) is 36.4 Å². The molecule has 1 fully saturated rings. The van der Waals surface area contributed by atoms with Gasteiger partial charge in [0.1, 0.15) is 0 Å². The van der Waals surface area contributed by atoms with Crippen molar-refractivity contribution in [2.24, 2.45) is 24.4 Å². The molecule has 11 nitrogen and oxygen atoms in total. The van der Waals surface area contributed by atoms with E-state index in [0.717, 1.165) is 35.1 Å². The van der Waals surface area contributed by atoms with E-state index in [2.05, 4.69) is 27.3 Å². The van der Waals surface area contributed by atoms with E-state index in [1.165, 1.54) is 0 Å². The number of carbonyl (C=O) groups is 3. The zero-order chi connectivity index (χ0) is 29.3. The molecule has 3 amide bonds. The molecule has 2 heterocycles. The Kier molecular flexibility index (Phi) is 7.58. The number of primary amides is 2. The molecule has 1 aliphatic heterocycles. The van der Waals surface area contributed by atoms with E-state index in [0.29, 0.717) is 55.6 Å². The summed E-state index contributed by atoms with van der Waals surface area (Å²) in [6.45, 7) is 10.2. The maximum Gasteiger partial charge on any atom is 0.300 e. The predicted molar refractivity (Wildman–Crippen MR) is 150 cm³/mol. The van der Waals surface area contributed by atoms with Crippen molar-refractivity contribution in [3.63, 3.8) is 0 Å². The van der Waals surface area contributed by atoms with Gasteiger partial charge in [-0.25, -0.2) is 11.3 Å². The van der Waals surface area contributed by atoms with Crippen LogP contribution in [-0.4, -0.2) is 55.5 Å². The van der Waals surface area contributed by atoms with Crippen LogP contribution in [0.4, 0.5) is 0 Å². The zero-order valence-corrected chi connectivity index (χ0v) is 23.3. The van der Waals surface area contributed by atoms with Crippen molar-refractivity contribution < 1.29 is 14.4 Å². The van der Waals surface area contributed by atoms with Crippen LogP contribution in [-0.2, 0) is 30.1 Å². The summed E-state index contributed by atoms with van der Waals surface area (Å²) in [5.74, 6) is -0.365. The second-order valence-corrected chi connectivity index (χ2v) is 11.2. The van der Waals surface area contributed by atoms with Gasteiger partial charge in [-0.15, -0.1) is 5.10 Å². The minimum Gasteiger partial charge on any atom is -0.366 e. The van der Waals surface area contributed by atoms with Crippen molar-refractivity contribution in [2.45, 2.75) is 63.5 Å². The summed E-state index contributed by atoms with van der Waals surface area (Å²) < 4.78 is 1.66. The van der Waals surface area contributed by atoms with E-state index in [-0.39, 0.29) is 18.0 Å². The molecule has 2 aromatic carbocycles. The van der Waals surface area contributed by atoms with Crippen molar-refractivity contribution >= 4 is 17.7 Å². The number of tetrazole rings is 1. The van der Waals surface area contributed by atoms with Gasteiger partial charge in [-0.2, -0.15) is 0 Å². The molecule has 0 spiro atoms. The molecular formula is C30H34N8O3. The number of rotatable bonds is 8. The van der Waals surface area contributed by atoms with Crippen molar-refractivity contribution in [1.82, 2.24) is 25.1 Å². The molecular weight excluding hydrogens is 520 g/mol. The van der Waals surface area contributed by atoms with Gasteiger partial charge in [0.2, 0.25) is 17.7 Å². The van der Waals surface area contributed by atoms with Gasteiger partial charge in [0.05, 0.1) is 5.41 Å². The van der Waals surface area contributed by atoms with Gasteiger partial charge in [-0.05, 0) is 95.0 Å². The summed E-state index contributed by atoms with van der Waals surface area (Å²) in [4.78, 5) is 42.6. The quantitative estimate of drug-likeness (QED) is 0.408. The highest BCUT2D eigenvalue weighted by Crippen LogP contribution is 2.48. The number of carbonyl (C=O) groups excluding carboxylic acids is 3. The van der Waals surface area contributed by atoms with Crippen LogP contribution in [0.5, 0.6) is 0 Å². The van der Waals surface area contributed by atoms with Crippen LogP contribution >= 0.6 is 0 Å². The molecule has 5 rings (SSSR count). The molecule has 0 saturated carbocycles. The minimum absolute atomic E-state index is 0.00333. The zero-order valence-electron chi connectivity index (χ0n) is 23.3.